The van der Waals surface area contributed by atoms with Crippen LogP contribution in [0.5, 0.6) is 0 Å². The van der Waals surface area contributed by atoms with Crippen molar-refractivity contribution in [3.63, 3.8) is 0 Å². The molecular weight excluding hydrogens is 312 g/mol. The van der Waals surface area contributed by atoms with E-state index in [0.29, 0.717) is 13.1 Å². The molecule has 2 heterocycles. The molecule has 1 fully saturated rings. The first-order valence-electron chi connectivity index (χ1n) is 7.86. The van der Waals surface area contributed by atoms with E-state index in [1.54, 1.807) is 29.1 Å². The van der Waals surface area contributed by atoms with Gasteiger partial charge >= 0.3 is 6.09 Å². The average molecular weight is 338 g/mol. The number of aromatic nitrogens is 2. The number of amides is 1. The van der Waals surface area contributed by atoms with Crippen molar-refractivity contribution in [2.24, 2.45) is 0 Å². The van der Waals surface area contributed by atoms with Gasteiger partial charge in [0.15, 0.2) is 0 Å². The van der Waals surface area contributed by atoms with Crippen molar-refractivity contribution in [1.82, 2.24) is 19.8 Å². The summed E-state index contributed by atoms with van der Waals surface area (Å²) >= 11 is 1.61. The van der Waals surface area contributed by atoms with Gasteiger partial charge in [0.05, 0.1) is 5.69 Å². The molecule has 2 rings (SSSR count). The third-order valence-corrected chi connectivity index (χ3v) is 4.43. The molecule has 0 bridgehead atoms. The molecule has 128 valence electrons. The zero-order valence-corrected chi connectivity index (χ0v) is 15.4. The first-order valence-corrected chi connectivity index (χ1v) is 9.08. The molecular formula is C16H26N4O2S. The highest BCUT2D eigenvalue weighted by atomic mass is 32.2. The van der Waals surface area contributed by atoms with Crippen LogP contribution in [0.2, 0.25) is 0 Å². The number of piperazine rings is 1. The maximum atomic E-state index is 12.2. The number of hydrogen-bond acceptors (Lipinski definition) is 6. The zero-order chi connectivity index (χ0) is 17.0. The second-order valence-electron chi connectivity index (χ2n) is 6.76. The van der Waals surface area contributed by atoms with Gasteiger partial charge in [0.25, 0.3) is 0 Å². The first-order chi connectivity index (χ1) is 10.8. The van der Waals surface area contributed by atoms with E-state index < -0.39 is 5.60 Å². The summed E-state index contributed by atoms with van der Waals surface area (Å²) in [6.07, 6.45) is 5.24. The van der Waals surface area contributed by atoms with Crippen molar-refractivity contribution in [2.45, 2.75) is 50.9 Å². The molecule has 0 spiro atoms. The van der Waals surface area contributed by atoms with Crippen LogP contribution in [0.25, 0.3) is 0 Å². The van der Waals surface area contributed by atoms with Crippen LogP contribution in [0.4, 0.5) is 4.79 Å². The summed E-state index contributed by atoms with van der Waals surface area (Å²) in [5.41, 5.74) is 0.544. The van der Waals surface area contributed by atoms with Crippen LogP contribution in [-0.4, -0.2) is 63.4 Å². The van der Waals surface area contributed by atoms with Crippen molar-refractivity contribution in [3.8, 4) is 0 Å². The van der Waals surface area contributed by atoms with Crippen molar-refractivity contribution < 1.29 is 9.53 Å². The fraction of sp³-hybridized carbons (Fsp3) is 0.688. The standard InChI is InChI=1S/C16H26N4O2S/c1-12-10-20(15(21)22-16(2,3)4)9-8-19(12)11-13-14(23-5)18-7-6-17-13/h6-7,12H,8-11H2,1-5H3/t12-/m1/s1. The Bertz CT molecular complexity index is 547. The van der Waals surface area contributed by atoms with Crippen LogP contribution in [0.15, 0.2) is 17.4 Å². The molecule has 0 aromatic carbocycles. The predicted octanol–water partition coefficient (Wildman–Crippen LogP) is 2.64. The van der Waals surface area contributed by atoms with Crippen LogP contribution >= 0.6 is 11.8 Å². The van der Waals surface area contributed by atoms with Gasteiger partial charge in [-0.05, 0) is 34.0 Å². The second-order valence-corrected chi connectivity index (χ2v) is 7.55. The van der Waals surface area contributed by atoms with E-state index in [2.05, 4.69) is 21.8 Å². The van der Waals surface area contributed by atoms with Crippen molar-refractivity contribution in [2.75, 3.05) is 25.9 Å². The topological polar surface area (TPSA) is 58.6 Å². The van der Waals surface area contributed by atoms with E-state index >= 15 is 0 Å². The molecule has 1 aromatic rings. The highest BCUT2D eigenvalue weighted by Gasteiger charge is 2.30. The van der Waals surface area contributed by atoms with E-state index in [-0.39, 0.29) is 12.1 Å². The van der Waals surface area contributed by atoms with Crippen molar-refractivity contribution in [1.29, 1.82) is 0 Å². The van der Waals surface area contributed by atoms with E-state index in [9.17, 15) is 4.79 Å². The number of thioether (sulfide) groups is 1. The number of carbonyl (C=O) groups excluding carboxylic acids is 1. The van der Waals surface area contributed by atoms with Crippen LogP contribution < -0.4 is 0 Å². The monoisotopic (exact) mass is 338 g/mol. The molecule has 1 aliphatic heterocycles. The highest BCUT2D eigenvalue weighted by Crippen LogP contribution is 2.20. The Kier molecular flexibility index (Phi) is 5.86. The third-order valence-electron chi connectivity index (χ3n) is 3.70. The molecule has 0 unspecified atom stereocenters. The van der Waals surface area contributed by atoms with Gasteiger partial charge in [-0.1, -0.05) is 0 Å². The van der Waals surface area contributed by atoms with Gasteiger partial charge in [0.1, 0.15) is 10.6 Å². The molecule has 23 heavy (non-hydrogen) atoms. The van der Waals surface area contributed by atoms with Gasteiger partial charge in [-0.3, -0.25) is 9.88 Å². The van der Waals surface area contributed by atoms with E-state index in [1.165, 1.54) is 0 Å². The Balaban J connectivity index is 1.95. The van der Waals surface area contributed by atoms with E-state index in [0.717, 1.165) is 23.8 Å². The van der Waals surface area contributed by atoms with Gasteiger partial charge < -0.3 is 9.64 Å². The fourth-order valence-electron chi connectivity index (χ4n) is 2.55. The minimum absolute atomic E-state index is 0.228. The average Bonchev–Trinajstić information content (AvgIpc) is 2.48. The van der Waals surface area contributed by atoms with Crippen LogP contribution in [0, 0.1) is 0 Å². The number of nitrogens with zero attached hydrogens (tertiary/aromatic N) is 4. The van der Waals surface area contributed by atoms with Gasteiger partial charge in [0.2, 0.25) is 0 Å². The second kappa shape index (κ2) is 7.49. The summed E-state index contributed by atoms with van der Waals surface area (Å²) in [6, 6.07) is 0.257. The van der Waals surface area contributed by atoms with Crippen LogP contribution in [0.1, 0.15) is 33.4 Å². The minimum atomic E-state index is -0.454. The molecule has 0 N–H and O–H groups in total. The maximum Gasteiger partial charge on any atom is 0.410 e. The Morgan fingerprint density at radius 1 is 1.35 bits per heavy atom. The lowest BCUT2D eigenvalue weighted by molar-refractivity contribution is 0.00431. The Labute approximate surface area is 142 Å². The van der Waals surface area contributed by atoms with Crippen molar-refractivity contribution in [3.05, 3.63) is 18.1 Å². The number of carbonyl (C=O) groups is 1. The Morgan fingerprint density at radius 2 is 2.04 bits per heavy atom. The normalized spacial score (nSPS) is 19.7. The molecule has 1 aliphatic rings. The van der Waals surface area contributed by atoms with E-state index in [4.69, 9.17) is 4.74 Å². The Morgan fingerprint density at radius 3 is 2.65 bits per heavy atom. The first kappa shape index (κ1) is 18.0. The smallest absolute Gasteiger partial charge is 0.410 e. The number of ether oxygens (including phenoxy) is 1. The quantitative estimate of drug-likeness (QED) is 0.790. The van der Waals surface area contributed by atoms with Crippen LogP contribution in [-0.2, 0) is 11.3 Å². The zero-order valence-electron chi connectivity index (χ0n) is 14.6. The SMILES string of the molecule is CSc1nccnc1CN1CCN(C(=O)OC(C)(C)C)C[C@H]1C. The number of hydrogen-bond donors (Lipinski definition) is 0. The van der Waals surface area contributed by atoms with Gasteiger partial charge in [0, 0.05) is 44.6 Å². The third kappa shape index (κ3) is 5.07. The molecule has 0 radical (unpaired) electrons. The lowest BCUT2D eigenvalue weighted by Crippen LogP contribution is -2.54. The molecule has 1 saturated heterocycles. The summed E-state index contributed by atoms with van der Waals surface area (Å²) in [5, 5.41) is 0.967. The number of rotatable bonds is 3. The van der Waals surface area contributed by atoms with Crippen LogP contribution in [0.3, 0.4) is 0 Å². The summed E-state index contributed by atoms with van der Waals surface area (Å²) < 4.78 is 5.46. The molecule has 6 nitrogen and oxygen atoms in total. The molecule has 1 atom stereocenters. The highest BCUT2D eigenvalue weighted by molar-refractivity contribution is 7.98. The molecule has 1 amide bonds. The summed E-state index contributed by atoms with van der Waals surface area (Å²) in [7, 11) is 0. The fourth-order valence-corrected chi connectivity index (χ4v) is 3.07. The van der Waals surface area contributed by atoms with Crippen molar-refractivity contribution >= 4 is 17.9 Å². The predicted molar refractivity (Wildman–Crippen MR) is 91.5 cm³/mol. The Hall–Kier alpha value is -1.34. The minimum Gasteiger partial charge on any atom is -0.444 e. The summed E-state index contributed by atoms with van der Waals surface area (Å²) in [5.74, 6) is 0. The molecule has 0 aliphatic carbocycles. The molecule has 0 saturated carbocycles. The van der Waals surface area contributed by atoms with Gasteiger partial charge in [-0.25, -0.2) is 9.78 Å². The maximum absolute atomic E-state index is 12.2. The molecule has 1 aromatic heterocycles. The largest absolute Gasteiger partial charge is 0.444 e. The van der Waals surface area contributed by atoms with Gasteiger partial charge in [-0.15, -0.1) is 11.8 Å². The lowest BCUT2D eigenvalue weighted by Gasteiger charge is -2.40. The lowest BCUT2D eigenvalue weighted by atomic mass is 10.2. The summed E-state index contributed by atoms with van der Waals surface area (Å²) in [4.78, 5) is 25.1. The van der Waals surface area contributed by atoms with Gasteiger partial charge in [-0.2, -0.15) is 0 Å². The molecule has 7 heteroatoms. The summed E-state index contributed by atoms with van der Waals surface area (Å²) in [6.45, 7) is 10.7. The van der Waals surface area contributed by atoms with E-state index in [1.807, 2.05) is 27.0 Å².